The summed E-state index contributed by atoms with van der Waals surface area (Å²) >= 11 is 0. The Bertz CT molecular complexity index is 1400. The van der Waals surface area contributed by atoms with Gasteiger partial charge in [-0.25, -0.2) is 18.7 Å². The number of fused-ring (bicyclic) bond motifs is 1. The SMILES string of the molecule is CCC(C)N1CC(C)(C)Oc2c(F)cc(-c3nc(Cc4ccc(C5=CC(=O)NCC5)cn4)ncc3F)cc21. The number of carbonyl (C=O) groups is 1. The summed E-state index contributed by atoms with van der Waals surface area (Å²) in [6.07, 6.45) is 6.29. The molecule has 0 aliphatic carbocycles. The van der Waals surface area contributed by atoms with Crippen LogP contribution in [0.4, 0.5) is 14.5 Å². The van der Waals surface area contributed by atoms with Gasteiger partial charge in [-0.15, -0.1) is 0 Å². The average Bonchev–Trinajstić information content (AvgIpc) is 2.89. The van der Waals surface area contributed by atoms with E-state index in [9.17, 15) is 9.18 Å². The van der Waals surface area contributed by atoms with Crippen LogP contribution in [-0.4, -0.2) is 45.6 Å². The molecule has 1 atom stereocenters. The van der Waals surface area contributed by atoms with Crippen LogP contribution in [0.2, 0.25) is 0 Å². The Balaban J connectivity index is 1.44. The van der Waals surface area contributed by atoms with E-state index in [0.717, 1.165) is 30.2 Å². The van der Waals surface area contributed by atoms with Crippen molar-refractivity contribution in [2.75, 3.05) is 18.0 Å². The first kappa shape index (κ1) is 25.8. The van der Waals surface area contributed by atoms with Crippen molar-refractivity contribution >= 4 is 17.2 Å². The quantitative estimate of drug-likeness (QED) is 0.489. The second-order valence-electron chi connectivity index (χ2n) is 10.5. The summed E-state index contributed by atoms with van der Waals surface area (Å²) in [6, 6.07) is 6.91. The van der Waals surface area contributed by atoms with E-state index >= 15 is 4.39 Å². The Labute approximate surface area is 221 Å². The molecule has 38 heavy (non-hydrogen) atoms. The zero-order valence-corrected chi connectivity index (χ0v) is 22.0. The molecule has 0 saturated carbocycles. The minimum Gasteiger partial charge on any atom is -0.481 e. The minimum atomic E-state index is -0.633. The number of hydrogen-bond acceptors (Lipinski definition) is 6. The van der Waals surface area contributed by atoms with Gasteiger partial charge in [-0.2, -0.15) is 0 Å². The molecule has 1 unspecified atom stereocenters. The van der Waals surface area contributed by atoms with E-state index < -0.39 is 17.2 Å². The van der Waals surface area contributed by atoms with Crippen molar-refractivity contribution in [2.45, 2.75) is 58.6 Å². The number of pyridine rings is 1. The molecular formula is C29H31F2N5O2. The average molecular weight is 520 g/mol. The molecule has 2 aromatic heterocycles. The fourth-order valence-electron chi connectivity index (χ4n) is 4.85. The second kappa shape index (κ2) is 10.1. The van der Waals surface area contributed by atoms with Crippen molar-refractivity contribution in [3.8, 4) is 17.0 Å². The lowest BCUT2D eigenvalue weighted by Gasteiger charge is -2.44. The molecule has 5 rings (SSSR count). The maximum absolute atomic E-state index is 15.3. The third kappa shape index (κ3) is 5.23. The highest BCUT2D eigenvalue weighted by Crippen LogP contribution is 2.43. The van der Waals surface area contributed by atoms with Crippen LogP contribution in [-0.2, 0) is 11.2 Å². The number of hydrogen-bond donors (Lipinski definition) is 1. The van der Waals surface area contributed by atoms with E-state index in [0.29, 0.717) is 35.9 Å². The van der Waals surface area contributed by atoms with Crippen LogP contribution in [0, 0.1) is 11.6 Å². The molecule has 9 heteroatoms. The Morgan fingerprint density at radius 1 is 1.13 bits per heavy atom. The summed E-state index contributed by atoms with van der Waals surface area (Å²) in [5.74, 6) is -0.752. The number of rotatable bonds is 6. The van der Waals surface area contributed by atoms with Crippen LogP contribution in [0.15, 0.2) is 42.7 Å². The van der Waals surface area contributed by atoms with Crippen LogP contribution in [0.5, 0.6) is 5.75 Å². The van der Waals surface area contributed by atoms with Gasteiger partial charge in [0.05, 0.1) is 24.8 Å². The van der Waals surface area contributed by atoms with Crippen molar-refractivity contribution < 1.29 is 18.3 Å². The second-order valence-corrected chi connectivity index (χ2v) is 10.5. The fraction of sp³-hybridized carbons (Fsp3) is 0.379. The molecule has 3 aromatic rings. The molecule has 198 valence electrons. The van der Waals surface area contributed by atoms with Gasteiger partial charge in [0, 0.05) is 36.1 Å². The molecule has 7 nitrogen and oxygen atoms in total. The van der Waals surface area contributed by atoms with Crippen molar-refractivity contribution in [2.24, 2.45) is 0 Å². The predicted octanol–water partition coefficient (Wildman–Crippen LogP) is 5.09. The van der Waals surface area contributed by atoms with Gasteiger partial charge in [0.2, 0.25) is 5.91 Å². The number of amides is 1. The Morgan fingerprint density at radius 2 is 1.95 bits per heavy atom. The number of carbonyl (C=O) groups excluding carboxylic acids is 1. The number of anilines is 1. The van der Waals surface area contributed by atoms with Crippen LogP contribution in [0.25, 0.3) is 16.8 Å². The van der Waals surface area contributed by atoms with Crippen LogP contribution in [0.3, 0.4) is 0 Å². The lowest BCUT2D eigenvalue weighted by Crippen LogP contribution is -2.50. The molecule has 0 radical (unpaired) electrons. The first-order valence-electron chi connectivity index (χ1n) is 12.9. The van der Waals surface area contributed by atoms with Crippen molar-refractivity contribution in [3.63, 3.8) is 0 Å². The zero-order valence-electron chi connectivity index (χ0n) is 22.0. The number of nitrogens with one attached hydrogen (secondary N) is 1. The monoisotopic (exact) mass is 519 g/mol. The zero-order chi connectivity index (χ0) is 27.0. The van der Waals surface area contributed by atoms with Gasteiger partial charge in [-0.3, -0.25) is 9.78 Å². The number of benzene rings is 1. The third-order valence-corrected chi connectivity index (χ3v) is 6.99. The Morgan fingerprint density at radius 3 is 2.66 bits per heavy atom. The highest BCUT2D eigenvalue weighted by atomic mass is 19.1. The van der Waals surface area contributed by atoms with Crippen molar-refractivity contribution in [3.05, 3.63) is 71.5 Å². The molecule has 1 N–H and O–H groups in total. The van der Waals surface area contributed by atoms with Crippen LogP contribution < -0.4 is 15.0 Å². The van der Waals surface area contributed by atoms with E-state index in [1.54, 1.807) is 18.3 Å². The normalized spacial score (nSPS) is 17.3. The van der Waals surface area contributed by atoms with Gasteiger partial charge in [-0.1, -0.05) is 13.0 Å². The van der Waals surface area contributed by atoms with Gasteiger partial charge in [-0.05, 0) is 62.9 Å². The Kier molecular flexibility index (Phi) is 6.86. The van der Waals surface area contributed by atoms with Gasteiger partial charge in [0.15, 0.2) is 17.4 Å². The van der Waals surface area contributed by atoms with Crippen molar-refractivity contribution in [1.29, 1.82) is 0 Å². The van der Waals surface area contributed by atoms with E-state index in [1.807, 2.05) is 26.0 Å². The summed E-state index contributed by atoms with van der Waals surface area (Å²) in [4.78, 5) is 26.8. The number of nitrogens with zero attached hydrogens (tertiary/aromatic N) is 4. The van der Waals surface area contributed by atoms with Gasteiger partial charge in [0.1, 0.15) is 17.1 Å². The molecule has 0 saturated heterocycles. The van der Waals surface area contributed by atoms with E-state index in [-0.39, 0.29) is 29.8 Å². The number of aromatic nitrogens is 3. The Hall–Kier alpha value is -3.88. The molecule has 0 fully saturated rings. The highest BCUT2D eigenvalue weighted by molar-refractivity contribution is 5.96. The first-order chi connectivity index (χ1) is 18.1. The predicted molar refractivity (Wildman–Crippen MR) is 142 cm³/mol. The smallest absolute Gasteiger partial charge is 0.244 e. The summed E-state index contributed by atoms with van der Waals surface area (Å²) in [6.45, 7) is 9.19. The molecule has 1 amide bonds. The number of halogens is 2. The molecular weight excluding hydrogens is 488 g/mol. The van der Waals surface area contributed by atoms with E-state index in [4.69, 9.17) is 4.74 Å². The topological polar surface area (TPSA) is 80.2 Å². The first-order valence-corrected chi connectivity index (χ1v) is 12.9. The van der Waals surface area contributed by atoms with Gasteiger partial charge >= 0.3 is 0 Å². The summed E-state index contributed by atoms with van der Waals surface area (Å²) in [7, 11) is 0. The summed E-state index contributed by atoms with van der Waals surface area (Å²) < 4.78 is 36.3. The lowest BCUT2D eigenvalue weighted by atomic mass is 10.00. The third-order valence-electron chi connectivity index (χ3n) is 6.99. The molecule has 0 spiro atoms. The molecule has 2 aliphatic rings. The summed E-state index contributed by atoms with van der Waals surface area (Å²) in [5.41, 5.74) is 2.89. The highest BCUT2D eigenvalue weighted by Gasteiger charge is 2.36. The maximum Gasteiger partial charge on any atom is 0.244 e. The van der Waals surface area contributed by atoms with Crippen LogP contribution in [0.1, 0.15) is 57.6 Å². The molecule has 0 bridgehead atoms. The van der Waals surface area contributed by atoms with Gasteiger partial charge < -0.3 is 15.0 Å². The molecule has 4 heterocycles. The number of ether oxygens (including phenoxy) is 1. The van der Waals surface area contributed by atoms with Crippen molar-refractivity contribution in [1.82, 2.24) is 20.3 Å². The van der Waals surface area contributed by atoms with E-state index in [1.165, 1.54) is 6.07 Å². The molecule has 2 aliphatic heterocycles. The summed E-state index contributed by atoms with van der Waals surface area (Å²) in [5, 5.41) is 2.77. The maximum atomic E-state index is 15.3. The largest absolute Gasteiger partial charge is 0.481 e. The minimum absolute atomic E-state index is 0.0284. The van der Waals surface area contributed by atoms with Crippen LogP contribution >= 0.6 is 0 Å². The van der Waals surface area contributed by atoms with Gasteiger partial charge in [0.25, 0.3) is 0 Å². The van der Waals surface area contributed by atoms with E-state index in [2.05, 4.69) is 39.0 Å². The fourth-order valence-corrected chi connectivity index (χ4v) is 4.85. The lowest BCUT2D eigenvalue weighted by molar-refractivity contribution is -0.116. The molecule has 1 aromatic carbocycles. The standard InChI is InChI=1S/C29H31F2N5O2/c1-5-17(2)36-16-29(3,4)38-28-22(30)10-20(11-24(28)36)27-23(31)15-34-25(35-27)13-21-7-6-19(14-33-21)18-8-9-32-26(37)12-18/h6-7,10-12,14-15,17H,5,8-9,13,16H2,1-4H3,(H,32,37).